The standard InChI is InChI=1S/C13H20N2O3/c1-10(9-16)4-3-7-14-13-8-12(15(17)18)6-5-11(13)2/h5-6,8,10,14,16H,3-4,7,9H2,1-2H3. The van der Waals surface area contributed by atoms with Crippen LogP contribution >= 0.6 is 0 Å². The number of benzene rings is 1. The first-order valence-corrected chi connectivity index (χ1v) is 6.14. The van der Waals surface area contributed by atoms with Gasteiger partial charge in [0, 0.05) is 31.0 Å². The molecule has 0 aliphatic rings. The number of aryl methyl sites for hydroxylation is 1. The van der Waals surface area contributed by atoms with Gasteiger partial charge in [-0.05, 0) is 31.2 Å². The van der Waals surface area contributed by atoms with Crippen molar-refractivity contribution in [3.05, 3.63) is 33.9 Å². The lowest BCUT2D eigenvalue weighted by atomic mass is 10.1. The van der Waals surface area contributed by atoms with Gasteiger partial charge in [0.15, 0.2) is 0 Å². The summed E-state index contributed by atoms with van der Waals surface area (Å²) < 4.78 is 0. The minimum Gasteiger partial charge on any atom is -0.396 e. The molecule has 1 unspecified atom stereocenters. The average Bonchev–Trinajstić information content (AvgIpc) is 2.35. The number of aliphatic hydroxyl groups is 1. The number of non-ortho nitro benzene ring substituents is 1. The van der Waals surface area contributed by atoms with Gasteiger partial charge in [0.1, 0.15) is 0 Å². The van der Waals surface area contributed by atoms with E-state index in [1.165, 1.54) is 6.07 Å². The Morgan fingerprint density at radius 3 is 2.83 bits per heavy atom. The van der Waals surface area contributed by atoms with E-state index in [1.807, 2.05) is 13.8 Å². The van der Waals surface area contributed by atoms with E-state index in [2.05, 4.69) is 5.32 Å². The van der Waals surface area contributed by atoms with Gasteiger partial charge in [0.2, 0.25) is 0 Å². The lowest BCUT2D eigenvalue weighted by Gasteiger charge is -2.11. The number of hydrogen-bond acceptors (Lipinski definition) is 4. The van der Waals surface area contributed by atoms with Gasteiger partial charge in [-0.15, -0.1) is 0 Å². The third-order valence-electron chi connectivity index (χ3n) is 2.93. The molecule has 0 aromatic heterocycles. The number of nitrogens with zero attached hydrogens (tertiary/aromatic N) is 1. The molecule has 0 aliphatic carbocycles. The molecule has 0 heterocycles. The lowest BCUT2D eigenvalue weighted by molar-refractivity contribution is -0.384. The van der Waals surface area contributed by atoms with Crippen molar-refractivity contribution in [2.45, 2.75) is 26.7 Å². The number of rotatable bonds is 7. The third-order valence-corrected chi connectivity index (χ3v) is 2.93. The van der Waals surface area contributed by atoms with Gasteiger partial charge in [-0.2, -0.15) is 0 Å². The number of nitrogens with one attached hydrogen (secondary N) is 1. The highest BCUT2D eigenvalue weighted by Crippen LogP contribution is 2.21. The summed E-state index contributed by atoms with van der Waals surface area (Å²) in [4.78, 5) is 10.3. The number of hydrogen-bond donors (Lipinski definition) is 2. The Labute approximate surface area is 107 Å². The van der Waals surface area contributed by atoms with E-state index in [-0.39, 0.29) is 12.3 Å². The second-order valence-electron chi connectivity index (χ2n) is 4.61. The quantitative estimate of drug-likeness (QED) is 0.444. The van der Waals surface area contributed by atoms with Gasteiger partial charge in [-0.1, -0.05) is 13.0 Å². The molecule has 1 aromatic carbocycles. The molecule has 0 amide bonds. The largest absolute Gasteiger partial charge is 0.396 e. The Hall–Kier alpha value is -1.62. The number of aliphatic hydroxyl groups excluding tert-OH is 1. The molecule has 0 bridgehead atoms. The van der Waals surface area contributed by atoms with E-state index >= 15 is 0 Å². The van der Waals surface area contributed by atoms with Crippen LogP contribution in [0.3, 0.4) is 0 Å². The SMILES string of the molecule is Cc1ccc([N+](=O)[O-])cc1NCCCC(C)CO. The summed E-state index contributed by atoms with van der Waals surface area (Å²) in [5.41, 5.74) is 1.91. The van der Waals surface area contributed by atoms with Crippen molar-refractivity contribution in [1.82, 2.24) is 0 Å². The van der Waals surface area contributed by atoms with Crippen molar-refractivity contribution in [2.75, 3.05) is 18.5 Å². The van der Waals surface area contributed by atoms with Crippen LogP contribution in [0.4, 0.5) is 11.4 Å². The maximum absolute atomic E-state index is 10.7. The number of nitro benzene ring substituents is 1. The fourth-order valence-electron chi connectivity index (χ4n) is 1.68. The van der Waals surface area contributed by atoms with Crippen molar-refractivity contribution < 1.29 is 10.0 Å². The summed E-state index contributed by atoms with van der Waals surface area (Å²) >= 11 is 0. The number of nitro groups is 1. The summed E-state index contributed by atoms with van der Waals surface area (Å²) in [6.07, 6.45) is 1.88. The predicted octanol–water partition coefficient (Wildman–Crippen LogP) is 2.72. The zero-order valence-corrected chi connectivity index (χ0v) is 10.8. The van der Waals surface area contributed by atoms with Gasteiger partial charge in [-0.3, -0.25) is 10.1 Å². The molecule has 0 radical (unpaired) electrons. The molecule has 1 rings (SSSR count). The average molecular weight is 252 g/mol. The maximum atomic E-state index is 10.7. The summed E-state index contributed by atoms with van der Waals surface area (Å²) in [7, 11) is 0. The monoisotopic (exact) mass is 252 g/mol. The zero-order valence-electron chi connectivity index (χ0n) is 10.8. The topological polar surface area (TPSA) is 75.4 Å². The Morgan fingerprint density at radius 1 is 1.50 bits per heavy atom. The molecule has 0 fully saturated rings. The highest BCUT2D eigenvalue weighted by molar-refractivity contribution is 5.56. The van der Waals surface area contributed by atoms with Crippen LogP contribution in [0.15, 0.2) is 18.2 Å². The maximum Gasteiger partial charge on any atom is 0.271 e. The summed E-state index contributed by atoms with van der Waals surface area (Å²) in [5, 5.41) is 22.8. The molecular formula is C13H20N2O3. The fourth-order valence-corrected chi connectivity index (χ4v) is 1.68. The molecule has 0 saturated carbocycles. The Morgan fingerprint density at radius 2 is 2.22 bits per heavy atom. The summed E-state index contributed by atoms with van der Waals surface area (Å²) in [5.74, 6) is 0.304. The molecule has 0 aliphatic heterocycles. The van der Waals surface area contributed by atoms with Crippen LogP contribution in [-0.4, -0.2) is 23.2 Å². The second-order valence-corrected chi connectivity index (χ2v) is 4.61. The summed E-state index contributed by atoms with van der Waals surface area (Å²) in [6, 6.07) is 4.82. The van der Waals surface area contributed by atoms with Crippen molar-refractivity contribution >= 4 is 11.4 Å². The Kier molecular flexibility index (Phi) is 5.58. The first kappa shape index (κ1) is 14.4. The van der Waals surface area contributed by atoms with Crippen molar-refractivity contribution in [3.8, 4) is 0 Å². The van der Waals surface area contributed by atoms with Crippen LogP contribution in [0.25, 0.3) is 0 Å². The minimum absolute atomic E-state index is 0.104. The molecule has 5 nitrogen and oxygen atoms in total. The molecule has 0 saturated heterocycles. The highest BCUT2D eigenvalue weighted by atomic mass is 16.6. The molecular weight excluding hydrogens is 232 g/mol. The zero-order chi connectivity index (χ0) is 13.5. The van der Waals surface area contributed by atoms with Crippen LogP contribution in [0.1, 0.15) is 25.3 Å². The van der Waals surface area contributed by atoms with E-state index in [4.69, 9.17) is 5.11 Å². The van der Waals surface area contributed by atoms with E-state index in [0.717, 1.165) is 30.6 Å². The molecule has 1 aromatic rings. The lowest BCUT2D eigenvalue weighted by Crippen LogP contribution is -2.07. The minimum atomic E-state index is -0.390. The highest BCUT2D eigenvalue weighted by Gasteiger charge is 2.08. The fraction of sp³-hybridized carbons (Fsp3) is 0.538. The van der Waals surface area contributed by atoms with Gasteiger partial charge < -0.3 is 10.4 Å². The smallest absolute Gasteiger partial charge is 0.271 e. The van der Waals surface area contributed by atoms with Gasteiger partial charge in [-0.25, -0.2) is 0 Å². The van der Waals surface area contributed by atoms with Gasteiger partial charge in [0.25, 0.3) is 5.69 Å². The van der Waals surface area contributed by atoms with E-state index in [0.29, 0.717) is 5.92 Å². The van der Waals surface area contributed by atoms with Crippen molar-refractivity contribution in [1.29, 1.82) is 0 Å². The van der Waals surface area contributed by atoms with Crippen LogP contribution in [0.2, 0.25) is 0 Å². The van der Waals surface area contributed by atoms with Crippen molar-refractivity contribution in [3.63, 3.8) is 0 Å². The van der Waals surface area contributed by atoms with E-state index in [9.17, 15) is 10.1 Å². The second kappa shape index (κ2) is 6.96. The molecule has 100 valence electrons. The Bertz CT molecular complexity index is 407. The van der Waals surface area contributed by atoms with Crippen LogP contribution in [-0.2, 0) is 0 Å². The number of anilines is 1. The van der Waals surface area contributed by atoms with Gasteiger partial charge >= 0.3 is 0 Å². The predicted molar refractivity (Wildman–Crippen MR) is 71.8 cm³/mol. The molecule has 1 atom stereocenters. The molecule has 18 heavy (non-hydrogen) atoms. The van der Waals surface area contributed by atoms with Gasteiger partial charge in [0.05, 0.1) is 4.92 Å². The first-order valence-electron chi connectivity index (χ1n) is 6.14. The van der Waals surface area contributed by atoms with E-state index in [1.54, 1.807) is 12.1 Å². The van der Waals surface area contributed by atoms with Crippen molar-refractivity contribution in [2.24, 2.45) is 5.92 Å². The first-order chi connectivity index (χ1) is 8.54. The summed E-state index contributed by atoms with van der Waals surface area (Å²) in [6.45, 7) is 4.88. The third kappa shape index (κ3) is 4.33. The molecule has 5 heteroatoms. The normalized spacial score (nSPS) is 12.2. The van der Waals surface area contributed by atoms with Crippen LogP contribution in [0, 0.1) is 23.0 Å². The molecule has 0 spiro atoms. The van der Waals surface area contributed by atoms with Crippen LogP contribution in [0.5, 0.6) is 0 Å². The van der Waals surface area contributed by atoms with Crippen LogP contribution < -0.4 is 5.32 Å². The molecule has 2 N–H and O–H groups in total. The van der Waals surface area contributed by atoms with E-state index < -0.39 is 4.92 Å². The Balaban J connectivity index is 2.51.